The lowest BCUT2D eigenvalue weighted by atomic mass is 10.4. The Morgan fingerprint density at radius 3 is 2.86 bits per heavy atom. The summed E-state index contributed by atoms with van der Waals surface area (Å²) >= 11 is 5.57. The van der Waals surface area contributed by atoms with Crippen molar-refractivity contribution in [2.45, 2.75) is 19.9 Å². The van der Waals surface area contributed by atoms with Crippen LogP contribution in [0.1, 0.15) is 12.2 Å². The summed E-state index contributed by atoms with van der Waals surface area (Å²) in [6.07, 6.45) is 0.115. The van der Waals surface area contributed by atoms with Crippen molar-refractivity contribution >= 4 is 17.5 Å². The van der Waals surface area contributed by atoms with Crippen LogP contribution in [-0.2, 0) is 11.3 Å². The highest BCUT2D eigenvalue weighted by atomic mass is 35.5. The quantitative estimate of drug-likeness (QED) is 0.726. The number of aromatic nitrogens is 2. The van der Waals surface area contributed by atoms with E-state index in [0.29, 0.717) is 5.82 Å². The molecule has 0 aliphatic heterocycles. The number of halogens is 1. The Morgan fingerprint density at radius 1 is 1.71 bits per heavy atom. The van der Waals surface area contributed by atoms with Gasteiger partial charge in [-0.25, -0.2) is 4.98 Å². The lowest BCUT2D eigenvalue weighted by Gasteiger charge is -2.06. The molecule has 1 rings (SSSR count). The molecule has 1 amide bonds. The fraction of sp³-hybridized carbons (Fsp3) is 0.375. The lowest BCUT2D eigenvalue weighted by molar-refractivity contribution is -0.118. The second-order valence-electron chi connectivity index (χ2n) is 2.83. The van der Waals surface area contributed by atoms with Crippen molar-refractivity contribution in [2.24, 2.45) is 5.73 Å². The zero-order valence-corrected chi connectivity index (χ0v) is 8.41. The van der Waals surface area contributed by atoms with Gasteiger partial charge in [0.2, 0.25) is 5.91 Å². The first-order valence-electron chi connectivity index (χ1n) is 4.03. The van der Waals surface area contributed by atoms with E-state index in [1.54, 1.807) is 6.92 Å². The summed E-state index contributed by atoms with van der Waals surface area (Å²) in [5, 5.41) is 0.155. The minimum absolute atomic E-state index is 0.115. The lowest BCUT2D eigenvalue weighted by Crippen LogP contribution is -2.25. The van der Waals surface area contributed by atoms with Crippen LogP contribution in [0, 0.1) is 6.92 Å². The molecule has 1 aromatic rings. The number of aryl methyl sites for hydroxylation is 1. The Hall–Kier alpha value is -1.36. The molecule has 0 bridgehead atoms. The van der Waals surface area contributed by atoms with Gasteiger partial charge in [-0.3, -0.25) is 14.2 Å². The number of rotatable bonds is 3. The first-order valence-corrected chi connectivity index (χ1v) is 4.41. The Balaban J connectivity index is 2.97. The number of nitrogens with zero attached hydrogens (tertiary/aromatic N) is 2. The van der Waals surface area contributed by atoms with Gasteiger partial charge in [0.1, 0.15) is 11.0 Å². The maximum Gasteiger partial charge on any atom is 0.254 e. The number of amides is 1. The van der Waals surface area contributed by atoms with Gasteiger partial charge in [0.25, 0.3) is 5.56 Å². The highest BCUT2D eigenvalue weighted by Crippen LogP contribution is 2.01. The van der Waals surface area contributed by atoms with Gasteiger partial charge < -0.3 is 5.73 Å². The van der Waals surface area contributed by atoms with E-state index in [1.165, 1.54) is 10.6 Å². The van der Waals surface area contributed by atoms with Gasteiger partial charge in [-0.1, -0.05) is 11.6 Å². The molecule has 5 nitrogen and oxygen atoms in total. The molecule has 76 valence electrons. The van der Waals surface area contributed by atoms with Crippen LogP contribution < -0.4 is 11.3 Å². The van der Waals surface area contributed by atoms with Gasteiger partial charge in [-0.15, -0.1) is 0 Å². The first-order chi connectivity index (χ1) is 6.50. The van der Waals surface area contributed by atoms with Crippen LogP contribution in [-0.4, -0.2) is 15.5 Å². The molecule has 14 heavy (non-hydrogen) atoms. The highest BCUT2D eigenvalue weighted by Gasteiger charge is 2.04. The van der Waals surface area contributed by atoms with Crippen LogP contribution in [0.4, 0.5) is 0 Å². The van der Waals surface area contributed by atoms with Crippen molar-refractivity contribution in [3.63, 3.8) is 0 Å². The maximum absolute atomic E-state index is 11.4. The summed E-state index contributed by atoms with van der Waals surface area (Å²) in [4.78, 5) is 25.8. The van der Waals surface area contributed by atoms with E-state index in [-0.39, 0.29) is 23.7 Å². The molecule has 1 heterocycles. The van der Waals surface area contributed by atoms with Crippen LogP contribution in [0.25, 0.3) is 0 Å². The minimum atomic E-state index is -0.453. The largest absolute Gasteiger partial charge is 0.370 e. The van der Waals surface area contributed by atoms with Gasteiger partial charge in [0, 0.05) is 19.0 Å². The fourth-order valence-electron chi connectivity index (χ4n) is 1.08. The smallest absolute Gasteiger partial charge is 0.254 e. The average Bonchev–Trinajstić information content (AvgIpc) is 2.01. The summed E-state index contributed by atoms with van der Waals surface area (Å²) < 4.78 is 1.36. The van der Waals surface area contributed by atoms with E-state index in [9.17, 15) is 9.59 Å². The third-order valence-corrected chi connectivity index (χ3v) is 1.94. The Morgan fingerprint density at radius 2 is 2.36 bits per heavy atom. The second kappa shape index (κ2) is 4.23. The number of carbonyl (C=O) groups is 1. The van der Waals surface area contributed by atoms with E-state index in [4.69, 9.17) is 17.3 Å². The zero-order valence-electron chi connectivity index (χ0n) is 7.66. The highest BCUT2D eigenvalue weighted by molar-refractivity contribution is 6.29. The third kappa shape index (κ3) is 2.56. The van der Waals surface area contributed by atoms with Crippen LogP contribution in [0.5, 0.6) is 0 Å². The van der Waals surface area contributed by atoms with Crippen molar-refractivity contribution in [3.05, 3.63) is 27.4 Å². The summed E-state index contributed by atoms with van der Waals surface area (Å²) in [7, 11) is 0. The maximum atomic E-state index is 11.4. The van der Waals surface area contributed by atoms with Crippen LogP contribution in [0.15, 0.2) is 10.9 Å². The molecule has 0 aromatic carbocycles. The first kappa shape index (κ1) is 10.7. The van der Waals surface area contributed by atoms with E-state index in [2.05, 4.69) is 4.98 Å². The molecule has 0 saturated carbocycles. The van der Waals surface area contributed by atoms with Gasteiger partial charge in [-0.05, 0) is 6.92 Å². The number of hydrogen-bond acceptors (Lipinski definition) is 3. The van der Waals surface area contributed by atoms with E-state index in [0.717, 1.165) is 0 Å². The topological polar surface area (TPSA) is 78.0 Å². The molecule has 0 atom stereocenters. The Kier molecular flexibility index (Phi) is 3.24. The molecule has 1 aromatic heterocycles. The summed E-state index contributed by atoms with van der Waals surface area (Å²) in [5.74, 6) is 0.0231. The van der Waals surface area contributed by atoms with Crippen molar-refractivity contribution < 1.29 is 4.79 Å². The van der Waals surface area contributed by atoms with Crippen LogP contribution >= 0.6 is 11.6 Å². The molecule has 6 heteroatoms. The molecule has 0 fully saturated rings. The Bertz CT molecular complexity index is 414. The van der Waals surface area contributed by atoms with E-state index >= 15 is 0 Å². The summed E-state index contributed by atoms with van der Waals surface area (Å²) in [6, 6.07) is 1.20. The van der Waals surface area contributed by atoms with Crippen molar-refractivity contribution in [3.8, 4) is 0 Å². The fourth-order valence-corrected chi connectivity index (χ4v) is 1.30. The molecular weight excluding hydrogens is 206 g/mol. The molecule has 0 aliphatic carbocycles. The predicted molar refractivity (Wildman–Crippen MR) is 52.1 cm³/mol. The van der Waals surface area contributed by atoms with Gasteiger partial charge in [0.15, 0.2) is 0 Å². The molecule has 0 saturated heterocycles. The number of hydrogen-bond donors (Lipinski definition) is 1. The molecule has 0 radical (unpaired) electrons. The third-order valence-electron chi connectivity index (χ3n) is 1.75. The van der Waals surface area contributed by atoms with Gasteiger partial charge in [-0.2, -0.15) is 0 Å². The standard InChI is InChI=1S/C8H10ClN3O2/c1-5-11-6(9)4-8(14)12(5)3-2-7(10)13/h4H,2-3H2,1H3,(H2,10,13). The number of primary amides is 1. The minimum Gasteiger partial charge on any atom is -0.370 e. The molecule has 0 spiro atoms. The molecular formula is C8H10ClN3O2. The van der Waals surface area contributed by atoms with Crippen LogP contribution in [0.3, 0.4) is 0 Å². The average molecular weight is 216 g/mol. The van der Waals surface area contributed by atoms with Crippen molar-refractivity contribution in [2.75, 3.05) is 0 Å². The number of nitrogens with two attached hydrogens (primary N) is 1. The molecule has 2 N–H and O–H groups in total. The van der Waals surface area contributed by atoms with Crippen LogP contribution in [0.2, 0.25) is 5.15 Å². The van der Waals surface area contributed by atoms with Gasteiger partial charge in [0.05, 0.1) is 0 Å². The zero-order chi connectivity index (χ0) is 10.7. The summed E-state index contributed by atoms with van der Waals surface area (Å²) in [6.45, 7) is 1.89. The van der Waals surface area contributed by atoms with Gasteiger partial charge >= 0.3 is 0 Å². The molecule has 0 unspecified atom stereocenters. The normalized spacial score (nSPS) is 10.1. The second-order valence-corrected chi connectivity index (χ2v) is 3.22. The van der Waals surface area contributed by atoms with E-state index in [1.807, 2.05) is 0 Å². The van der Waals surface area contributed by atoms with Crippen molar-refractivity contribution in [1.82, 2.24) is 9.55 Å². The molecule has 0 aliphatic rings. The predicted octanol–water partition coefficient (Wildman–Crippen LogP) is 0.0805. The SMILES string of the molecule is Cc1nc(Cl)cc(=O)n1CCC(N)=O. The monoisotopic (exact) mass is 215 g/mol. The summed E-state index contributed by atoms with van der Waals surface area (Å²) in [5.41, 5.74) is 4.70. The Labute approximate surface area is 85.5 Å². The van der Waals surface area contributed by atoms with Crippen molar-refractivity contribution in [1.29, 1.82) is 0 Å². The van der Waals surface area contributed by atoms with E-state index < -0.39 is 5.91 Å². The number of carbonyl (C=O) groups excluding carboxylic acids is 1.